The Balaban J connectivity index is 1.27. The van der Waals surface area contributed by atoms with E-state index < -0.39 is 5.97 Å². The summed E-state index contributed by atoms with van der Waals surface area (Å²) < 4.78 is 0. The van der Waals surface area contributed by atoms with E-state index in [9.17, 15) is 9.90 Å². The standard InChI is InChI=1S/C29H38Cl3N5O2/c1-17(22-8-7-20(30)12-23(22)31)33-27-26(32)18(2)34-28(35-27)36-11-9-19(16-36)24-6-4-5-10-37(24)21-13-29(3,14-21)15-25(38)39/h7-8,12,17,19,21,24H,4-6,9-11,13-16H2,1-3H3,(H,38,39)(H,33,34,35)/t17-,19?,21-,24?,29-/m1/s1. The van der Waals surface area contributed by atoms with Crippen molar-refractivity contribution in [2.24, 2.45) is 11.3 Å². The van der Waals surface area contributed by atoms with Crippen LogP contribution < -0.4 is 10.2 Å². The molecule has 0 amide bonds. The first-order valence-electron chi connectivity index (χ1n) is 14.0. The molecule has 0 spiro atoms. The molecule has 3 fully saturated rings. The van der Waals surface area contributed by atoms with Crippen LogP contribution in [-0.2, 0) is 4.79 Å². The number of likely N-dealkylation sites (tertiary alicyclic amines) is 1. The summed E-state index contributed by atoms with van der Waals surface area (Å²) in [6.45, 7) is 9.01. The quantitative estimate of drug-likeness (QED) is 0.333. The topological polar surface area (TPSA) is 81.6 Å². The number of rotatable bonds is 8. The Kier molecular flexibility index (Phi) is 8.54. The highest BCUT2D eigenvalue weighted by atomic mass is 35.5. The molecule has 2 aliphatic heterocycles. The van der Waals surface area contributed by atoms with Crippen LogP contribution in [0.25, 0.3) is 0 Å². The smallest absolute Gasteiger partial charge is 0.303 e. The molecule has 1 aliphatic carbocycles. The minimum absolute atomic E-state index is 0.0638. The molecule has 3 aliphatic rings. The minimum Gasteiger partial charge on any atom is -0.481 e. The van der Waals surface area contributed by atoms with E-state index in [0.29, 0.717) is 44.8 Å². The van der Waals surface area contributed by atoms with Crippen LogP contribution in [0.1, 0.15) is 76.1 Å². The second-order valence-corrected chi connectivity index (χ2v) is 13.3. The van der Waals surface area contributed by atoms with Gasteiger partial charge in [-0.25, -0.2) is 4.98 Å². The van der Waals surface area contributed by atoms with Crippen molar-refractivity contribution < 1.29 is 9.90 Å². The van der Waals surface area contributed by atoms with Gasteiger partial charge >= 0.3 is 5.97 Å². The van der Waals surface area contributed by atoms with E-state index in [1.165, 1.54) is 19.3 Å². The van der Waals surface area contributed by atoms with Gasteiger partial charge in [-0.05, 0) is 81.5 Å². The minimum atomic E-state index is -0.685. The van der Waals surface area contributed by atoms with Crippen molar-refractivity contribution in [3.63, 3.8) is 0 Å². The second kappa shape index (κ2) is 11.6. The highest BCUT2D eigenvalue weighted by Crippen LogP contribution is 2.48. The Labute approximate surface area is 246 Å². The monoisotopic (exact) mass is 593 g/mol. The molecule has 0 bridgehead atoms. The second-order valence-electron chi connectivity index (χ2n) is 12.0. The van der Waals surface area contributed by atoms with Crippen LogP contribution in [0.2, 0.25) is 15.1 Å². The van der Waals surface area contributed by atoms with Gasteiger partial charge in [0.15, 0.2) is 5.82 Å². The van der Waals surface area contributed by atoms with Gasteiger partial charge in [0, 0.05) is 35.2 Å². The van der Waals surface area contributed by atoms with Crippen molar-refractivity contribution in [2.75, 3.05) is 29.9 Å². The van der Waals surface area contributed by atoms with E-state index in [-0.39, 0.29) is 17.9 Å². The Bertz CT molecular complexity index is 1220. The molecule has 2 aromatic rings. The number of halogens is 3. The van der Waals surface area contributed by atoms with Crippen molar-refractivity contribution in [2.45, 2.75) is 83.8 Å². The van der Waals surface area contributed by atoms with Gasteiger partial charge in [0.1, 0.15) is 5.02 Å². The van der Waals surface area contributed by atoms with Crippen LogP contribution in [0.5, 0.6) is 0 Å². The normalized spacial score (nSPS) is 28.3. The van der Waals surface area contributed by atoms with E-state index in [2.05, 4.69) is 22.0 Å². The first kappa shape index (κ1) is 28.7. The maximum absolute atomic E-state index is 11.3. The molecular weight excluding hydrogens is 557 g/mol. The fourth-order valence-corrected chi connectivity index (χ4v) is 7.67. The Hall–Kier alpha value is -1.80. The van der Waals surface area contributed by atoms with E-state index in [0.717, 1.165) is 50.2 Å². The number of benzene rings is 1. The molecule has 212 valence electrons. The van der Waals surface area contributed by atoms with E-state index in [1.807, 2.05) is 26.0 Å². The molecule has 10 heteroatoms. The zero-order chi connectivity index (χ0) is 27.9. The van der Waals surface area contributed by atoms with Crippen molar-refractivity contribution in [3.05, 3.63) is 44.5 Å². The number of piperidine rings is 1. The van der Waals surface area contributed by atoms with Crippen molar-refractivity contribution >= 4 is 52.5 Å². The summed E-state index contributed by atoms with van der Waals surface area (Å²) in [6, 6.07) is 6.39. The lowest BCUT2D eigenvalue weighted by Crippen LogP contribution is -2.57. The average Bonchev–Trinajstić information content (AvgIpc) is 3.35. The number of aryl methyl sites for hydroxylation is 1. The highest BCUT2D eigenvalue weighted by molar-refractivity contribution is 6.35. The van der Waals surface area contributed by atoms with Crippen molar-refractivity contribution in [1.82, 2.24) is 14.9 Å². The Morgan fingerprint density at radius 3 is 2.67 bits per heavy atom. The van der Waals surface area contributed by atoms with Gasteiger partial charge in [-0.3, -0.25) is 9.69 Å². The molecule has 3 heterocycles. The average molecular weight is 595 g/mol. The predicted molar refractivity (Wildman–Crippen MR) is 158 cm³/mol. The van der Waals surface area contributed by atoms with E-state index in [4.69, 9.17) is 44.8 Å². The lowest BCUT2D eigenvalue weighted by Gasteiger charge is -2.54. The summed E-state index contributed by atoms with van der Waals surface area (Å²) in [5.74, 6) is 1.17. The van der Waals surface area contributed by atoms with Gasteiger partial charge in [-0.2, -0.15) is 4.98 Å². The summed E-state index contributed by atoms with van der Waals surface area (Å²) in [5, 5.41) is 14.4. The van der Waals surface area contributed by atoms with Crippen molar-refractivity contribution in [1.29, 1.82) is 0 Å². The number of aliphatic carboxylic acids is 1. The van der Waals surface area contributed by atoms with Crippen molar-refractivity contribution in [3.8, 4) is 0 Å². The number of hydrogen-bond acceptors (Lipinski definition) is 6. The third kappa shape index (κ3) is 6.27. The van der Waals surface area contributed by atoms with Gasteiger partial charge in [0.25, 0.3) is 0 Å². The van der Waals surface area contributed by atoms with Crippen LogP contribution in [0, 0.1) is 18.3 Å². The van der Waals surface area contributed by atoms with E-state index >= 15 is 0 Å². The molecule has 5 rings (SSSR count). The molecule has 3 atom stereocenters. The van der Waals surface area contributed by atoms with Gasteiger partial charge in [-0.1, -0.05) is 54.2 Å². The molecule has 1 saturated carbocycles. The zero-order valence-corrected chi connectivity index (χ0v) is 25.2. The number of nitrogens with zero attached hydrogens (tertiary/aromatic N) is 4. The maximum Gasteiger partial charge on any atom is 0.303 e. The van der Waals surface area contributed by atoms with Gasteiger partial charge in [-0.15, -0.1) is 0 Å². The number of hydrogen-bond donors (Lipinski definition) is 2. The van der Waals surface area contributed by atoms with E-state index in [1.54, 1.807) is 6.07 Å². The van der Waals surface area contributed by atoms with Crippen LogP contribution >= 0.6 is 34.8 Å². The third-order valence-electron chi connectivity index (χ3n) is 8.94. The molecule has 2 N–H and O–H groups in total. The van der Waals surface area contributed by atoms with Gasteiger partial charge in [0.05, 0.1) is 18.2 Å². The highest BCUT2D eigenvalue weighted by Gasteiger charge is 2.48. The van der Waals surface area contributed by atoms with Gasteiger partial charge in [0.2, 0.25) is 5.95 Å². The fraction of sp³-hybridized carbons (Fsp3) is 0.621. The summed E-state index contributed by atoms with van der Waals surface area (Å²) in [7, 11) is 0. The molecule has 1 aromatic carbocycles. The molecule has 0 radical (unpaired) electrons. The molecule has 7 nitrogen and oxygen atoms in total. The van der Waals surface area contributed by atoms with Crippen LogP contribution in [0.15, 0.2) is 18.2 Å². The lowest BCUT2D eigenvalue weighted by molar-refractivity contribution is -0.143. The fourth-order valence-electron chi connectivity index (χ4n) is 6.96. The maximum atomic E-state index is 11.3. The molecule has 39 heavy (non-hydrogen) atoms. The largest absolute Gasteiger partial charge is 0.481 e. The number of carboxylic acids is 1. The lowest BCUT2D eigenvalue weighted by atomic mass is 9.63. The number of carbonyl (C=O) groups is 1. The summed E-state index contributed by atoms with van der Waals surface area (Å²) in [4.78, 5) is 25.9. The predicted octanol–water partition coefficient (Wildman–Crippen LogP) is 7.24. The summed E-state index contributed by atoms with van der Waals surface area (Å²) >= 11 is 19.2. The zero-order valence-electron chi connectivity index (χ0n) is 22.9. The number of anilines is 2. The summed E-state index contributed by atoms with van der Waals surface area (Å²) in [5.41, 5.74) is 1.60. The Morgan fingerprint density at radius 1 is 1.18 bits per heavy atom. The third-order valence-corrected chi connectivity index (χ3v) is 9.95. The molecule has 1 aromatic heterocycles. The Morgan fingerprint density at radius 2 is 1.95 bits per heavy atom. The molecule has 2 saturated heterocycles. The first-order chi connectivity index (χ1) is 18.5. The number of nitrogens with one attached hydrogen (secondary N) is 1. The van der Waals surface area contributed by atoms with Gasteiger partial charge < -0.3 is 15.3 Å². The SMILES string of the molecule is Cc1nc(N2CCC(C3CCCCN3[C@H]3C[C@](C)(CC(=O)O)C3)C2)nc(N[C@H](C)c2ccc(Cl)cc2Cl)c1Cl. The molecule has 2 unspecified atom stereocenters. The number of carboxylic acid groups (broad SMARTS) is 1. The number of aromatic nitrogens is 2. The first-order valence-corrected chi connectivity index (χ1v) is 15.1. The summed E-state index contributed by atoms with van der Waals surface area (Å²) in [6.07, 6.45) is 7.02. The van der Waals surface area contributed by atoms with Crippen LogP contribution in [0.4, 0.5) is 11.8 Å². The van der Waals surface area contributed by atoms with Crippen LogP contribution in [-0.4, -0.2) is 57.7 Å². The van der Waals surface area contributed by atoms with Crippen LogP contribution in [0.3, 0.4) is 0 Å². The molecular formula is C29H38Cl3N5O2.